The summed E-state index contributed by atoms with van der Waals surface area (Å²) < 4.78 is 17.3. The van der Waals surface area contributed by atoms with Gasteiger partial charge in [0.1, 0.15) is 6.61 Å². The van der Waals surface area contributed by atoms with Gasteiger partial charge in [-0.15, -0.1) is 0 Å². The van der Waals surface area contributed by atoms with Gasteiger partial charge in [0.2, 0.25) is 0 Å². The number of hydrogen-bond acceptors (Lipinski definition) is 5. The van der Waals surface area contributed by atoms with Crippen LogP contribution in [0, 0.1) is 0 Å². The first-order chi connectivity index (χ1) is 29.6. The van der Waals surface area contributed by atoms with Crippen molar-refractivity contribution >= 4 is 11.9 Å². The predicted octanol–water partition coefficient (Wildman–Crippen LogP) is 16.4. The largest absolute Gasteiger partial charge is 0.462 e. The van der Waals surface area contributed by atoms with Crippen LogP contribution in [0.3, 0.4) is 0 Å². The molecule has 0 aromatic carbocycles. The fraction of sp³-hybridized carbons (Fsp3) is 0.636. The minimum absolute atomic E-state index is 0.0267. The second kappa shape index (κ2) is 49.9. The molecule has 5 heteroatoms. The molecule has 340 valence electrons. The molecule has 5 nitrogen and oxygen atoms in total. The van der Waals surface area contributed by atoms with E-state index in [0.29, 0.717) is 25.9 Å². The Labute approximate surface area is 370 Å². The third-order valence-electron chi connectivity index (χ3n) is 9.79. The van der Waals surface area contributed by atoms with Crippen LogP contribution in [0.1, 0.15) is 201 Å². The van der Waals surface area contributed by atoms with E-state index < -0.39 is 6.10 Å². The molecule has 1 atom stereocenters. The van der Waals surface area contributed by atoms with Crippen molar-refractivity contribution in [1.82, 2.24) is 0 Å². The van der Waals surface area contributed by atoms with Gasteiger partial charge in [-0.1, -0.05) is 188 Å². The van der Waals surface area contributed by atoms with Crippen LogP contribution in [0.5, 0.6) is 0 Å². The maximum Gasteiger partial charge on any atom is 0.306 e. The van der Waals surface area contributed by atoms with E-state index in [1.54, 1.807) is 0 Å². The SMILES string of the molecule is CC/C=C\C/C=C\C/C=C\C/C=C\CCC(=O)OCC(COCCCCCCCCCC/C=C\C/C=C\CCCCC)OC(=O)CCCCC/C=C\C/C=C\C/C=C\CC. The summed E-state index contributed by atoms with van der Waals surface area (Å²) in [5, 5.41) is 0. The molecule has 0 aromatic rings. The number of allylic oxidation sites excluding steroid dienone is 18. The Kier molecular flexibility index (Phi) is 47.1. The Balaban J connectivity index is 4.40. The van der Waals surface area contributed by atoms with Gasteiger partial charge in [-0.05, 0) is 109 Å². The number of hydrogen-bond donors (Lipinski definition) is 0. The summed E-state index contributed by atoms with van der Waals surface area (Å²) >= 11 is 0. The van der Waals surface area contributed by atoms with Gasteiger partial charge in [0.15, 0.2) is 6.10 Å². The molecule has 0 rings (SSSR count). The van der Waals surface area contributed by atoms with Crippen LogP contribution in [0.4, 0.5) is 0 Å². The van der Waals surface area contributed by atoms with Crippen LogP contribution in [0.2, 0.25) is 0 Å². The highest BCUT2D eigenvalue weighted by molar-refractivity contribution is 5.70. The summed E-state index contributed by atoms with van der Waals surface area (Å²) in [5.74, 6) is -0.536. The maximum atomic E-state index is 12.7. The monoisotopic (exact) mass is 831 g/mol. The van der Waals surface area contributed by atoms with Crippen molar-refractivity contribution in [3.05, 3.63) is 109 Å². The lowest BCUT2D eigenvalue weighted by molar-refractivity contribution is -0.162. The van der Waals surface area contributed by atoms with Crippen molar-refractivity contribution in [2.45, 2.75) is 207 Å². The van der Waals surface area contributed by atoms with E-state index in [9.17, 15) is 9.59 Å². The third-order valence-corrected chi connectivity index (χ3v) is 9.79. The lowest BCUT2D eigenvalue weighted by Gasteiger charge is -2.18. The zero-order valence-corrected chi connectivity index (χ0v) is 38.9. The van der Waals surface area contributed by atoms with Crippen molar-refractivity contribution in [2.24, 2.45) is 0 Å². The molecule has 0 saturated heterocycles. The first-order valence-corrected chi connectivity index (χ1v) is 24.4. The number of esters is 2. The second-order valence-corrected chi connectivity index (χ2v) is 15.6. The van der Waals surface area contributed by atoms with Gasteiger partial charge in [0.05, 0.1) is 6.61 Å². The van der Waals surface area contributed by atoms with Gasteiger partial charge in [-0.25, -0.2) is 0 Å². The highest BCUT2D eigenvalue weighted by Crippen LogP contribution is 2.12. The molecule has 0 saturated carbocycles. The van der Waals surface area contributed by atoms with Crippen LogP contribution in [-0.4, -0.2) is 37.9 Å². The summed E-state index contributed by atoms with van der Waals surface area (Å²) in [6.07, 6.45) is 68.2. The average molecular weight is 831 g/mol. The van der Waals surface area contributed by atoms with E-state index in [4.69, 9.17) is 14.2 Å². The fourth-order valence-corrected chi connectivity index (χ4v) is 6.21. The van der Waals surface area contributed by atoms with Crippen molar-refractivity contribution in [3.63, 3.8) is 0 Å². The Morgan fingerprint density at radius 2 is 0.783 bits per heavy atom. The fourth-order valence-electron chi connectivity index (χ4n) is 6.21. The van der Waals surface area contributed by atoms with Gasteiger partial charge in [0.25, 0.3) is 0 Å². The van der Waals surface area contributed by atoms with E-state index in [1.807, 2.05) is 6.08 Å². The lowest BCUT2D eigenvalue weighted by Crippen LogP contribution is -2.30. The molecule has 0 bridgehead atoms. The zero-order chi connectivity index (χ0) is 43.5. The summed E-state index contributed by atoms with van der Waals surface area (Å²) in [5.41, 5.74) is 0. The Morgan fingerprint density at radius 3 is 1.27 bits per heavy atom. The molecule has 0 aromatic heterocycles. The van der Waals surface area contributed by atoms with E-state index in [1.165, 1.54) is 70.6 Å². The smallest absolute Gasteiger partial charge is 0.306 e. The normalized spacial score (nSPS) is 13.2. The molecular formula is C55H90O5. The molecule has 0 N–H and O–H groups in total. The molecule has 0 aliphatic carbocycles. The predicted molar refractivity (Wildman–Crippen MR) is 260 cm³/mol. The number of carbonyl (C=O) groups excluding carboxylic acids is 2. The molecule has 1 unspecified atom stereocenters. The molecule has 0 fully saturated rings. The van der Waals surface area contributed by atoms with Crippen LogP contribution in [0.25, 0.3) is 0 Å². The lowest BCUT2D eigenvalue weighted by atomic mass is 10.1. The highest BCUT2D eigenvalue weighted by Gasteiger charge is 2.17. The molecule has 0 spiro atoms. The Morgan fingerprint density at radius 1 is 0.383 bits per heavy atom. The van der Waals surface area contributed by atoms with E-state index >= 15 is 0 Å². The van der Waals surface area contributed by atoms with E-state index in [-0.39, 0.29) is 25.2 Å². The number of carbonyl (C=O) groups is 2. The summed E-state index contributed by atoms with van der Waals surface area (Å²) in [6.45, 7) is 7.43. The molecule has 0 aliphatic rings. The topological polar surface area (TPSA) is 61.8 Å². The third kappa shape index (κ3) is 47.2. The first-order valence-electron chi connectivity index (χ1n) is 24.4. The van der Waals surface area contributed by atoms with Gasteiger partial charge in [0, 0.05) is 19.4 Å². The number of unbranched alkanes of at least 4 members (excludes halogenated alkanes) is 14. The van der Waals surface area contributed by atoms with Gasteiger partial charge >= 0.3 is 11.9 Å². The van der Waals surface area contributed by atoms with Crippen LogP contribution >= 0.6 is 0 Å². The number of ether oxygens (including phenoxy) is 3. The second-order valence-electron chi connectivity index (χ2n) is 15.6. The average Bonchev–Trinajstić information content (AvgIpc) is 3.25. The van der Waals surface area contributed by atoms with Gasteiger partial charge in [-0.2, -0.15) is 0 Å². The minimum Gasteiger partial charge on any atom is -0.462 e. The van der Waals surface area contributed by atoms with Gasteiger partial charge < -0.3 is 14.2 Å². The highest BCUT2D eigenvalue weighted by atomic mass is 16.6. The Hall–Kier alpha value is -3.44. The van der Waals surface area contributed by atoms with Crippen molar-refractivity contribution in [3.8, 4) is 0 Å². The first kappa shape index (κ1) is 56.6. The molecule has 0 radical (unpaired) electrons. The van der Waals surface area contributed by atoms with Crippen molar-refractivity contribution in [1.29, 1.82) is 0 Å². The van der Waals surface area contributed by atoms with Crippen molar-refractivity contribution in [2.75, 3.05) is 19.8 Å². The van der Waals surface area contributed by atoms with Crippen molar-refractivity contribution < 1.29 is 23.8 Å². The minimum atomic E-state index is -0.589. The molecular weight excluding hydrogens is 741 g/mol. The van der Waals surface area contributed by atoms with Crippen LogP contribution in [0.15, 0.2) is 109 Å². The molecule has 0 heterocycles. The summed E-state index contributed by atoms with van der Waals surface area (Å²) in [6, 6.07) is 0. The molecule has 0 aliphatic heterocycles. The quantitative estimate of drug-likeness (QED) is 0.0348. The van der Waals surface area contributed by atoms with Crippen LogP contribution < -0.4 is 0 Å². The zero-order valence-electron chi connectivity index (χ0n) is 38.9. The summed E-state index contributed by atoms with van der Waals surface area (Å²) in [4.78, 5) is 25.3. The van der Waals surface area contributed by atoms with E-state index in [2.05, 4.69) is 124 Å². The Bertz CT molecular complexity index is 1210. The molecule has 0 amide bonds. The van der Waals surface area contributed by atoms with Crippen LogP contribution in [-0.2, 0) is 23.8 Å². The maximum absolute atomic E-state index is 12.7. The number of rotatable bonds is 43. The summed E-state index contributed by atoms with van der Waals surface area (Å²) in [7, 11) is 0. The molecule has 60 heavy (non-hydrogen) atoms. The standard InChI is InChI=1S/C55H90O5/c1-4-7-10-13-16-19-22-25-26-27-28-29-32-35-38-41-44-47-50-58-51-53(60-55(57)49-46-43-40-37-34-31-24-21-18-15-12-9-6-3)52-59-54(56)48-45-42-39-36-33-30-23-20-17-14-11-8-5-2/h8-9,11-12,16-21,25-26,30-31,33-34,39,42,53H,4-7,10,13-15,22-24,27-29,32,35-38,40-41,43-52H2,1-3H3/b11-8-,12-9-,19-16-,20-17-,21-18-,26-25-,33-30-,34-31-,42-39-. The van der Waals surface area contributed by atoms with Gasteiger partial charge in [-0.3, -0.25) is 9.59 Å². The van der Waals surface area contributed by atoms with E-state index in [0.717, 1.165) is 89.9 Å².